The highest BCUT2D eigenvalue weighted by atomic mass is 16.3. The number of carbonyl (C=O) groups is 2. The summed E-state index contributed by atoms with van der Waals surface area (Å²) in [6, 6.07) is 2.90. The molecule has 1 aromatic heterocycles. The SMILES string of the molecule is CC(=O)NC(C)C(=O)NC(C)c1ccc(C)o1. The number of nitrogens with one attached hydrogen (secondary N) is 2. The van der Waals surface area contributed by atoms with Crippen LogP contribution in [0.2, 0.25) is 0 Å². The molecule has 0 aliphatic carbocycles. The summed E-state index contributed by atoms with van der Waals surface area (Å²) in [4.78, 5) is 22.5. The molecule has 0 bridgehead atoms. The maximum absolute atomic E-state index is 11.7. The fourth-order valence-corrected chi connectivity index (χ4v) is 1.47. The number of aryl methyl sites for hydroxylation is 1. The third-order valence-corrected chi connectivity index (χ3v) is 2.36. The molecular weight excluding hydrogens is 220 g/mol. The normalized spacial score (nSPS) is 13.9. The number of hydrogen-bond acceptors (Lipinski definition) is 3. The largest absolute Gasteiger partial charge is 0.464 e. The van der Waals surface area contributed by atoms with E-state index in [1.54, 1.807) is 6.92 Å². The van der Waals surface area contributed by atoms with E-state index in [0.717, 1.165) is 5.76 Å². The summed E-state index contributed by atoms with van der Waals surface area (Å²) >= 11 is 0. The lowest BCUT2D eigenvalue weighted by molar-refractivity contribution is -0.128. The van der Waals surface area contributed by atoms with Gasteiger partial charge in [-0.1, -0.05) is 0 Å². The Balaban J connectivity index is 2.53. The van der Waals surface area contributed by atoms with Crippen molar-refractivity contribution in [1.82, 2.24) is 10.6 Å². The highest BCUT2D eigenvalue weighted by Gasteiger charge is 2.18. The van der Waals surface area contributed by atoms with Gasteiger partial charge in [0.25, 0.3) is 0 Å². The second-order valence-corrected chi connectivity index (χ2v) is 4.10. The Morgan fingerprint density at radius 2 is 1.88 bits per heavy atom. The van der Waals surface area contributed by atoms with Crippen LogP contribution in [0.15, 0.2) is 16.5 Å². The summed E-state index contributed by atoms with van der Waals surface area (Å²) < 4.78 is 5.40. The molecule has 2 amide bonds. The quantitative estimate of drug-likeness (QED) is 0.830. The lowest BCUT2D eigenvalue weighted by Gasteiger charge is -2.16. The van der Waals surface area contributed by atoms with Gasteiger partial charge in [0.1, 0.15) is 17.6 Å². The number of carbonyl (C=O) groups excluding carboxylic acids is 2. The zero-order valence-corrected chi connectivity index (χ0v) is 10.5. The molecule has 0 aliphatic heterocycles. The Labute approximate surface area is 101 Å². The highest BCUT2D eigenvalue weighted by molar-refractivity contribution is 5.86. The molecule has 5 heteroatoms. The second-order valence-electron chi connectivity index (χ2n) is 4.10. The first-order valence-electron chi connectivity index (χ1n) is 5.54. The molecule has 0 saturated carbocycles. The summed E-state index contributed by atoms with van der Waals surface area (Å²) in [6.45, 7) is 6.69. The Morgan fingerprint density at radius 1 is 1.24 bits per heavy atom. The summed E-state index contributed by atoms with van der Waals surface area (Å²) in [5, 5.41) is 5.29. The van der Waals surface area contributed by atoms with Gasteiger partial charge in [-0.3, -0.25) is 9.59 Å². The molecule has 0 aliphatic rings. The first kappa shape index (κ1) is 13.3. The summed E-state index contributed by atoms with van der Waals surface area (Å²) in [5.41, 5.74) is 0. The minimum atomic E-state index is -0.550. The van der Waals surface area contributed by atoms with Crippen LogP contribution in [0.5, 0.6) is 0 Å². The number of amides is 2. The molecule has 2 unspecified atom stereocenters. The van der Waals surface area contributed by atoms with Crippen LogP contribution in [-0.4, -0.2) is 17.9 Å². The van der Waals surface area contributed by atoms with Crippen molar-refractivity contribution in [3.05, 3.63) is 23.7 Å². The van der Waals surface area contributed by atoms with Crippen molar-refractivity contribution in [1.29, 1.82) is 0 Å². The van der Waals surface area contributed by atoms with Gasteiger partial charge < -0.3 is 15.1 Å². The molecule has 94 valence electrons. The van der Waals surface area contributed by atoms with E-state index in [4.69, 9.17) is 4.42 Å². The average molecular weight is 238 g/mol. The van der Waals surface area contributed by atoms with Crippen LogP contribution in [0.3, 0.4) is 0 Å². The van der Waals surface area contributed by atoms with E-state index in [0.29, 0.717) is 5.76 Å². The van der Waals surface area contributed by atoms with E-state index in [2.05, 4.69) is 10.6 Å². The lowest BCUT2D eigenvalue weighted by atomic mass is 10.2. The van der Waals surface area contributed by atoms with E-state index < -0.39 is 6.04 Å². The van der Waals surface area contributed by atoms with E-state index in [-0.39, 0.29) is 17.9 Å². The van der Waals surface area contributed by atoms with Crippen molar-refractivity contribution in [2.75, 3.05) is 0 Å². The van der Waals surface area contributed by atoms with Crippen LogP contribution in [-0.2, 0) is 9.59 Å². The van der Waals surface area contributed by atoms with Crippen LogP contribution in [0, 0.1) is 6.92 Å². The van der Waals surface area contributed by atoms with Crippen LogP contribution >= 0.6 is 0 Å². The monoisotopic (exact) mass is 238 g/mol. The van der Waals surface area contributed by atoms with E-state index in [1.807, 2.05) is 26.0 Å². The number of rotatable bonds is 4. The molecule has 0 radical (unpaired) electrons. The summed E-state index contributed by atoms with van der Waals surface area (Å²) in [6.07, 6.45) is 0. The number of hydrogen-bond donors (Lipinski definition) is 2. The predicted octanol–water partition coefficient (Wildman–Crippen LogP) is 1.29. The van der Waals surface area contributed by atoms with Crippen LogP contribution in [0.4, 0.5) is 0 Å². The minimum Gasteiger partial charge on any atom is -0.464 e. The highest BCUT2D eigenvalue weighted by Crippen LogP contribution is 2.15. The van der Waals surface area contributed by atoms with Crippen molar-refractivity contribution in [2.45, 2.75) is 39.8 Å². The molecule has 5 nitrogen and oxygen atoms in total. The van der Waals surface area contributed by atoms with Gasteiger partial charge in [-0.2, -0.15) is 0 Å². The molecule has 2 atom stereocenters. The topological polar surface area (TPSA) is 71.3 Å². The molecule has 2 N–H and O–H groups in total. The first-order valence-corrected chi connectivity index (χ1v) is 5.54. The fraction of sp³-hybridized carbons (Fsp3) is 0.500. The predicted molar refractivity (Wildman–Crippen MR) is 63.3 cm³/mol. The third-order valence-electron chi connectivity index (χ3n) is 2.36. The summed E-state index contributed by atoms with van der Waals surface area (Å²) in [5.74, 6) is 1.04. The maximum atomic E-state index is 11.7. The maximum Gasteiger partial charge on any atom is 0.242 e. The van der Waals surface area contributed by atoms with E-state index in [1.165, 1.54) is 6.92 Å². The molecule has 0 saturated heterocycles. The van der Waals surface area contributed by atoms with Crippen molar-refractivity contribution in [3.63, 3.8) is 0 Å². The Hall–Kier alpha value is -1.78. The first-order chi connectivity index (χ1) is 7.90. The van der Waals surface area contributed by atoms with Crippen molar-refractivity contribution in [2.24, 2.45) is 0 Å². The Morgan fingerprint density at radius 3 is 2.35 bits per heavy atom. The van der Waals surface area contributed by atoms with E-state index in [9.17, 15) is 9.59 Å². The van der Waals surface area contributed by atoms with Gasteiger partial charge in [-0.25, -0.2) is 0 Å². The Kier molecular flexibility index (Phi) is 4.31. The van der Waals surface area contributed by atoms with Gasteiger partial charge in [-0.05, 0) is 32.9 Å². The van der Waals surface area contributed by atoms with Crippen LogP contribution in [0.25, 0.3) is 0 Å². The number of furan rings is 1. The van der Waals surface area contributed by atoms with Crippen molar-refractivity contribution < 1.29 is 14.0 Å². The molecule has 0 spiro atoms. The van der Waals surface area contributed by atoms with Crippen LogP contribution in [0.1, 0.15) is 38.3 Å². The van der Waals surface area contributed by atoms with Crippen molar-refractivity contribution >= 4 is 11.8 Å². The van der Waals surface area contributed by atoms with Gasteiger partial charge >= 0.3 is 0 Å². The Bertz CT molecular complexity index is 412. The van der Waals surface area contributed by atoms with Crippen LogP contribution < -0.4 is 10.6 Å². The molecule has 1 heterocycles. The van der Waals surface area contributed by atoms with Crippen molar-refractivity contribution in [3.8, 4) is 0 Å². The lowest BCUT2D eigenvalue weighted by Crippen LogP contribution is -2.44. The van der Waals surface area contributed by atoms with E-state index >= 15 is 0 Å². The molecular formula is C12H18N2O3. The van der Waals surface area contributed by atoms with Gasteiger partial charge in [0, 0.05) is 6.92 Å². The van der Waals surface area contributed by atoms with Gasteiger partial charge in [0.15, 0.2) is 0 Å². The van der Waals surface area contributed by atoms with Gasteiger partial charge in [0.05, 0.1) is 6.04 Å². The standard InChI is InChI=1S/C12H18N2O3/c1-7-5-6-11(17-7)8(2)14-12(16)9(3)13-10(4)15/h5-6,8-9H,1-4H3,(H,13,15)(H,14,16). The molecule has 1 rings (SSSR count). The summed E-state index contributed by atoms with van der Waals surface area (Å²) in [7, 11) is 0. The van der Waals surface area contributed by atoms with Gasteiger partial charge in [0.2, 0.25) is 11.8 Å². The second kappa shape index (κ2) is 5.52. The molecule has 0 fully saturated rings. The zero-order valence-electron chi connectivity index (χ0n) is 10.5. The molecule has 0 aromatic carbocycles. The molecule has 17 heavy (non-hydrogen) atoms. The smallest absolute Gasteiger partial charge is 0.242 e. The van der Waals surface area contributed by atoms with Gasteiger partial charge in [-0.15, -0.1) is 0 Å². The zero-order chi connectivity index (χ0) is 13.0. The average Bonchev–Trinajstić information content (AvgIpc) is 2.63. The fourth-order valence-electron chi connectivity index (χ4n) is 1.47. The molecule has 1 aromatic rings. The minimum absolute atomic E-state index is 0.215. The third kappa shape index (κ3) is 3.94.